The van der Waals surface area contributed by atoms with Crippen molar-refractivity contribution in [3.63, 3.8) is 0 Å². The average Bonchev–Trinajstić information content (AvgIpc) is 2.26. The maximum atomic E-state index is 13.0. The second-order valence-corrected chi connectivity index (χ2v) is 4.05. The number of rotatable bonds is 4. The Labute approximate surface area is 103 Å². The van der Waals surface area contributed by atoms with Gasteiger partial charge in [-0.25, -0.2) is 4.39 Å². The summed E-state index contributed by atoms with van der Waals surface area (Å²) in [5.41, 5.74) is -0.850. The molecule has 0 spiro atoms. The lowest BCUT2D eigenvalue weighted by atomic mass is 9.96. The van der Waals surface area contributed by atoms with Gasteiger partial charge in [-0.2, -0.15) is 13.2 Å². The van der Waals surface area contributed by atoms with Crippen LogP contribution in [0.15, 0.2) is 30.4 Å². The molecule has 0 bridgehead atoms. The van der Waals surface area contributed by atoms with Crippen molar-refractivity contribution in [3.05, 3.63) is 47.3 Å². The van der Waals surface area contributed by atoms with E-state index >= 15 is 0 Å². The molecule has 0 fully saturated rings. The van der Waals surface area contributed by atoms with Gasteiger partial charge in [0.25, 0.3) is 0 Å². The lowest BCUT2D eigenvalue weighted by Crippen LogP contribution is -2.13. The highest BCUT2D eigenvalue weighted by molar-refractivity contribution is 5.32. The predicted octanol–water partition coefficient (Wildman–Crippen LogP) is 4.23. The molecule has 1 nitrogen and oxygen atoms in total. The summed E-state index contributed by atoms with van der Waals surface area (Å²) in [5.74, 6) is -0.806. The molecule has 0 aromatic heterocycles. The van der Waals surface area contributed by atoms with Gasteiger partial charge in [-0.3, -0.25) is 0 Å². The smallest absolute Gasteiger partial charge is 0.388 e. The Morgan fingerprint density at radius 1 is 1.39 bits per heavy atom. The third-order valence-corrected chi connectivity index (χ3v) is 2.66. The zero-order valence-electron chi connectivity index (χ0n) is 9.89. The van der Waals surface area contributed by atoms with E-state index in [1.807, 2.05) is 0 Å². The predicted molar refractivity (Wildman–Crippen MR) is 60.4 cm³/mol. The number of alkyl halides is 3. The van der Waals surface area contributed by atoms with Crippen LogP contribution in [0.4, 0.5) is 17.6 Å². The summed E-state index contributed by atoms with van der Waals surface area (Å²) in [6, 6.07) is 2.09. The van der Waals surface area contributed by atoms with Gasteiger partial charge in [0.1, 0.15) is 5.82 Å². The van der Waals surface area contributed by atoms with E-state index in [1.165, 1.54) is 0 Å². The molecule has 0 aliphatic heterocycles. The number of halogens is 4. The van der Waals surface area contributed by atoms with Gasteiger partial charge in [0.05, 0.1) is 11.7 Å². The van der Waals surface area contributed by atoms with E-state index in [-0.39, 0.29) is 6.42 Å². The number of aliphatic hydroxyl groups is 1. The highest BCUT2D eigenvalue weighted by Gasteiger charge is 2.35. The summed E-state index contributed by atoms with van der Waals surface area (Å²) in [4.78, 5) is 0. The Bertz CT molecular complexity index is 437. The van der Waals surface area contributed by atoms with Gasteiger partial charge in [0.15, 0.2) is 0 Å². The molecule has 0 aliphatic rings. The molecule has 0 heterocycles. The van der Waals surface area contributed by atoms with Gasteiger partial charge in [-0.15, -0.1) is 0 Å². The van der Waals surface area contributed by atoms with Gasteiger partial charge < -0.3 is 5.11 Å². The SMILES string of the molecule is C=C(CC)CC(O)c1cc(F)ccc1C(F)(F)F. The fourth-order valence-corrected chi connectivity index (χ4v) is 1.60. The topological polar surface area (TPSA) is 20.2 Å². The van der Waals surface area contributed by atoms with Crippen LogP contribution in [0.3, 0.4) is 0 Å². The number of hydrogen-bond donors (Lipinski definition) is 1. The van der Waals surface area contributed by atoms with Crippen LogP contribution in [0.25, 0.3) is 0 Å². The Morgan fingerprint density at radius 3 is 2.50 bits per heavy atom. The average molecular weight is 262 g/mol. The minimum Gasteiger partial charge on any atom is -0.388 e. The number of aliphatic hydroxyl groups excluding tert-OH is 1. The Morgan fingerprint density at radius 2 is 2.00 bits per heavy atom. The van der Waals surface area contributed by atoms with Crippen molar-refractivity contribution >= 4 is 0 Å². The molecule has 0 radical (unpaired) electrons. The molecule has 100 valence electrons. The van der Waals surface area contributed by atoms with E-state index in [4.69, 9.17) is 0 Å². The summed E-state index contributed by atoms with van der Waals surface area (Å²) in [5, 5.41) is 9.76. The monoisotopic (exact) mass is 262 g/mol. The van der Waals surface area contributed by atoms with E-state index in [0.29, 0.717) is 18.1 Å². The van der Waals surface area contributed by atoms with Crippen LogP contribution in [-0.4, -0.2) is 5.11 Å². The minimum absolute atomic E-state index is 0.0109. The fourth-order valence-electron chi connectivity index (χ4n) is 1.60. The Hall–Kier alpha value is -1.36. The molecule has 0 aliphatic carbocycles. The van der Waals surface area contributed by atoms with E-state index in [2.05, 4.69) is 6.58 Å². The fraction of sp³-hybridized carbons (Fsp3) is 0.385. The van der Waals surface area contributed by atoms with Crippen molar-refractivity contribution in [1.29, 1.82) is 0 Å². The molecular formula is C13H14F4O. The van der Waals surface area contributed by atoms with Crippen molar-refractivity contribution in [2.24, 2.45) is 0 Å². The molecule has 0 amide bonds. The first-order valence-electron chi connectivity index (χ1n) is 5.47. The first kappa shape index (κ1) is 14.7. The Kier molecular flexibility index (Phi) is 4.51. The zero-order valence-corrected chi connectivity index (χ0v) is 9.89. The first-order valence-corrected chi connectivity index (χ1v) is 5.47. The molecule has 18 heavy (non-hydrogen) atoms. The number of hydrogen-bond acceptors (Lipinski definition) is 1. The molecule has 5 heteroatoms. The summed E-state index contributed by atoms with van der Waals surface area (Å²) >= 11 is 0. The van der Waals surface area contributed by atoms with Crippen LogP contribution in [0.2, 0.25) is 0 Å². The van der Waals surface area contributed by atoms with Crippen molar-refractivity contribution in [2.75, 3.05) is 0 Å². The zero-order chi connectivity index (χ0) is 13.9. The quantitative estimate of drug-likeness (QED) is 0.635. The lowest BCUT2D eigenvalue weighted by Gasteiger charge is -2.18. The van der Waals surface area contributed by atoms with Crippen LogP contribution in [0.5, 0.6) is 0 Å². The van der Waals surface area contributed by atoms with Crippen LogP contribution in [0.1, 0.15) is 37.0 Å². The largest absolute Gasteiger partial charge is 0.416 e. The molecule has 1 unspecified atom stereocenters. The van der Waals surface area contributed by atoms with Crippen molar-refractivity contribution in [3.8, 4) is 0 Å². The van der Waals surface area contributed by atoms with Crippen LogP contribution in [0, 0.1) is 5.82 Å². The maximum Gasteiger partial charge on any atom is 0.416 e. The van der Waals surface area contributed by atoms with Gasteiger partial charge in [-0.1, -0.05) is 19.1 Å². The van der Waals surface area contributed by atoms with Gasteiger partial charge in [-0.05, 0) is 36.6 Å². The molecule has 1 aromatic rings. The molecule has 0 saturated carbocycles. The van der Waals surface area contributed by atoms with Crippen LogP contribution in [-0.2, 0) is 6.18 Å². The van der Waals surface area contributed by atoms with Gasteiger partial charge in [0, 0.05) is 0 Å². The highest BCUT2D eigenvalue weighted by Crippen LogP contribution is 2.36. The normalized spacial score (nSPS) is 13.4. The Balaban J connectivity index is 3.13. The van der Waals surface area contributed by atoms with Crippen LogP contribution >= 0.6 is 0 Å². The van der Waals surface area contributed by atoms with E-state index in [0.717, 1.165) is 12.1 Å². The van der Waals surface area contributed by atoms with Crippen molar-refractivity contribution < 1.29 is 22.7 Å². The highest BCUT2D eigenvalue weighted by atomic mass is 19.4. The summed E-state index contributed by atoms with van der Waals surface area (Å²) < 4.78 is 51.1. The second kappa shape index (κ2) is 5.52. The molecule has 1 rings (SSSR count). The maximum absolute atomic E-state index is 13.0. The van der Waals surface area contributed by atoms with Crippen LogP contribution < -0.4 is 0 Å². The standard InChI is InChI=1S/C13H14F4O/c1-3-8(2)6-12(18)10-7-9(14)4-5-11(10)13(15,16)17/h4-5,7,12,18H,2-3,6H2,1H3. The second-order valence-electron chi connectivity index (χ2n) is 4.05. The van der Waals surface area contributed by atoms with Crippen molar-refractivity contribution in [2.45, 2.75) is 32.0 Å². The van der Waals surface area contributed by atoms with E-state index < -0.39 is 29.2 Å². The summed E-state index contributed by atoms with van der Waals surface area (Å²) in [7, 11) is 0. The van der Waals surface area contributed by atoms with E-state index in [1.54, 1.807) is 6.92 Å². The third-order valence-electron chi connectivity index (χ3n) is 2.66. The van der Waals surface area contributed by atoms with Crippen molar-refractivity contribution in [1.82, 2.24) is 0 Å². The third kappa shape index (κ3) is 3.57. The molecule has 1 atom stereocenters. The van der Waals surface area contributed by atoms with Gasteiger partial charge >= 0.3 is 6.18 Å². The molecular weight excluding hydrogens is 248 g/mol. The summed E-state index contributed by atoms with van der Waals surface area (Å²) in [6.07, 6.45) is -5.47. The van der Waals surface area contributed by atoms with Gasteiger partial charge in [0.2, 0.25) is 0 Å². The molecule has 0 saturated heterocycles. The number of benzene rings is 1. The first-order chi connectivity index (χ1) is 8.25. The molecule has 1 N–H and O–H groups in total. The minimum atomic E-state index is -4.61. The molecule has 1 aromatic carbocycles. The van der Waals surface area contributed by atoms with E-state index in [9.17, 15) is 22.7 Å². The lowest BCUT2D eigenvalue weighted by molar-refractivity contribution is -0.139. The summed E-state index contributed by atoms with van der Waals surface area (Å²) in [6.45, 7) is 5.40.